The van der Waals surface area contributed by atoms with Crippen LogP contribution in [0.3, 0.4) is 0 Å². The maximum Gasteiger partial charge on any atom is 0.109 e. The second kappa shape index (κ2) is 15.5. The fraction of sp³-hybridized carbons (Fsp3) is 0.759. The van der Waals surface area contributed by atoms with Gasteiger partial charge in [-0.1, -0.05) is 128 Å². The van der Waals surface area contributed by atoms with Gasteiger partial charge in [-0.15, -0.1) is 0 Å². The summed E-state index contributed by atoms with van der Waals surface area (Å²) < 4.78 is 2.43. The van der Waals surface area contributed by atoms with Crippen LogP contribution in [0.25, 0.3) is 0 Å². The van der Waals surface area contributed by atoms with E-state index in [0.717, 1.165) is 12.8 Å². The normalized spacial score (nSPS) is 19.2. The molecule has 2 atom stereocenters. The van der Waals surface area contributed by atoms with Crippen LogP contribution >= 0.6 is 0 Å². The summed E-state index contributed by atoms with van der Waals surface area (Å²) in [5.41, 5.74) is 0.215. The molecular weight excluding hydrogens is 376 g/mol. The maximum atomic E-state index is 4.70. The summed E-state index contributed by atoms with van der Waals surface area (Å²) in [5, 5.41) is 0. The van der Waals surface area contributed by atoms with E-state index in [4.69, 9.17) is 4.98 Å². The Labute approximate surface area is 193 Å². The quantitative estimate of drug-likeness (QED) is 0.214. The number of aromatic nitrogens is 2. The van der Waals surface area contributed by atoms with Crippen molar-refractivity contribution < 1.29 is 0 Å². The summed E-state index contributed by atoms with van der Waals surface area (Å²) in [6.45, 7) is 7.02. The molecular formula is C29H50N2. The zero-order valence-electron chi connectivity index (χ0n) is 21.0. The van der Waals surface area contributed by atoms with Crippen molar-refractivity contribution in [3.63, 3.8) is 0 Å². The third-order valence-corrected chi connectivity index (χ3v) is 7.09. The van der Waals surface area contributed by atoms with Gasteiger partial charge in [-0.05, 0) is 25.2 Å². The topological polar surface area (TPSA) is 17.8 Å². The van der Waals surface area contributed by atoms with Gasteiger partial charge in [0.25, 0.3) is 0 Å². The monoisotopic (exact) mass is 426 g/mol. The van der Waals surface area contributed by atoms with Gasteiger partial charge < -0.3 is 4.57 Å². The van der Waals surface area contributed by atoms with E-state index in [9.17, 15) is 0 Å². The molecule has 0 amide bonds. The third-order valence-electron chi connectivity index (χ3n) is 7.09. The highest BCUT2D eigenvalue weighted by Crippen LogP contribution is 2.32. The van der Waals surface area contributed by atoms with Crippen molar-refractivity contribution in [3.8, 4) is 0 Å². The first-order valence-corrected chi connectivity index (χ1v) is 13.5. The van der Waals surface area contributed by atoms with Crippen molar-refractivity contribution >= 4 is 0 Å². The summed E-state index contributed by atoms with van der Waals surface area (Å²) in [7, 11) is 0. The van der Waals surface area contributed by atoms with Crippen LogP contribution in [0.4, 0.5) is 0 Å². The Kier molecular flexibility index (Phi) is 13.0. The minimum atomic E-state index is 0.215. The molecule has 2 nitrogen and oxygen atoms in total. The van der Waals surface area contributed by atoms with Crippen molar-refractivity contribution in [3.05, 3.63) is 42.5 Å². The molecule has 0 aromatic carbocycles. The van der Waals surface area contributed by atoms with Crippen LogP contribution in [0.2, 0.25) is 0 Å². The number of nitrogens with zero attached hydrogens (tertiary/aromatic N) is 2. The number of hydrogen-bond donors (Lipinski definition) is 0. The molecule has 0 bridgehead atoms. The van der Waals surface area contributed by atoms with Crippen LogP contribution in [0.1, 0.15) is 135 Å². The molecule has 31 heavy (non-hydrogen) atoms. The van der Waals surface area contributed by atoms with E-state index in [1.807, 2.05) is 6.20 Å². The highest BCUT2D eigenvalue weighted by Gasteiger charge is 2.24. The molecule has 1 aliphatic rings. The Morgan fingerprint density at radius 1 is 0.871 bits per heavy atom. The van der Waals surface area contributed by atoms with E-state index in [1.54, 1.807) is 0 Å². The minimum Gasteiger partial charge on any atom is -0.332 e. The van der Waals surface area contributed by atoms with Crippen molar-refractivity contribution in [2.75, 3.05) is 0 Å². The van der Waals surface area contributed by atoms with Gasteiger partial charge in [0, 0.05) is 24.9 Å². The maximum absolute atomic E-state index is 4.70. The molecule has 2 unspecified atom stereocenters. The van der Waals surface area contributed by atoms with Crippen molar-refractivity contribution in [2.45, 2.75) is 136 Å². The second-order valence-electron chi connectivity index (χ2n) is 10.3. The molecule has 1 aliphatic carbocycles. The van der Waals surface area contributed by atoms with E-state index < -0.39 is 0 Å². The summed E-state index contributed by atoms with van der Waals surface area (Å²) in [6.07, 6.45) is 36.6. The van der Waals surface area contributed by atoms with Crippen LogP contribution in [0.5, 0.6) is 0 Å². The number of rotatable bonds is 18. The van der Waals surface area contributed by atoms with Crippen LogP contribution < -0.4 is 0 Å². The molecule has 2 rings (SSSR count). The van der Waals surface area contributed by atoms with Gasteiger partial charge in [0.1, 0.15) is 5.82 Å². The average molecular weight is 427 g/mol. The van der Waals surface area contributed by atoms with Crippen molar-refractivity contribution in [2.24, 2.45) is 5.41 Å². The zero-order valence-corrected chi connectivity index (χ0v) is 21.0. The Balaban J connectivity index is 1.49. The highest BCUT2D eigenvalue weighted by atomic mass is 15.1. The fourth-order valence-corrected chi connectivity index (χ4v) is 4.92. The molecule has 0 saturated carbocycles. The fourth-order valence-electron chi connectivity index (χ4n) is 4.92. The van der Waals surface area contributed by atoms with Gasteiger partial charge >= 0.3 is 0 Å². The lowest BCUT2D eigenvalue weighted by Crippen LogP contribution is -2.21. The van der Waals surface area contributed by atoms with Crippen LogP contribution in [-0.4, -0.2) is 9.55 Å². The lowest BCUT2D eigenvalue weighted by molar-refractivity contribution is 0.387. The summed E-state index contributed by atoms with van der Waals surface area (Å²) in [5.74, 6) is 1.25. The molecule has 0 fully saturated rings. The van der Waals surface area contributed by atoms with E-state index in [1.165, 1.54) is 102 Å². The first-order chi connectivity index (χ1) is 15.1. The predicted octanol–water partition coefficient (Wildman–Crippen LogP) is 9.38. The zero-order chi connectivity index (χ0) is 22.2. The molecule has 0 saturated heterocycles. The van der Waals surface area contributed by atoms with Gasteiger partial charge in [0.2, 0.25) is 0 Å². The molecule has 0 aliphatic heterocycles. The van der Waals surface area contributed by atoms with Gasteiger partial charge in [0.15, 0.2) is 0 Å². The molecule has 0 spiro atoms. The molecule has 176 valence electrons. The molecule has 2 heteroatoms. The summed E-state index contributed by atoms with van der Waals surface area (Å²) in [6, 6.07) is 0.557. The van der Waals surface area contributed by atoms with E-state index >= 15 is 0 Å². The molecule has 1 aromatic rings. The smallest absolute Gasteiger partial charge is 0.109 e. The lowest BCUT2D eigenvalue weighted by Gasteiger charge is -2.27. The number of imidazole rings is 1. The van der Waals surface area contributed by atoms with E-state index in [-0.39, 0.29) is 5.41 Å². The van der Waals surface area contributed by atoms with Gasteiger partial charge in [-0.2, -0.15) is 0 Å². The number of allylic oxidation sites excluding steroid dienone is 4. The molecule has 1 aromatic heterocycles. The van der Waals surface area contributed by atoms with Crippen LogP contribution in [-0.2, 0) is 6.42 Å². The summed E-state index contributed by atoms with van der Waals surface area (Å²) >= 11 is 0. The average Bonchev–Trinajstić information content (AvgIpc) is 3.22. The predicted molar refractivity (Wildman–Crippen MR) is 137 cm³/mol. The standard InChI is InChI=1S/C29H50N2/c1-4-5-6-7-8-9-10-11-12-13-14-15-16-18-21-27(2)31-25-24-30-28(31)26-29(3)22-19-17-20-23-29/h17,19-20,22,24-25,27H,4-16,18,21,23,26H2,1-3H3. The van der Waals surface area contributed by atoms with E-state index in [2.05, 4.69) is 55.8 Å². The Morgan fingerprint density at radius 2 is 1.45 bits per heavy atom. The first kappa shape index (κ1) is 25.9. The van der Waals surface area contributed by atoms with Crippen molar-refractivity contribution in [1.29, 1.82) is 0 Å². The minimum absolute atomic E-state index is 0.215. The Hall–Kier alpha value is -1.31. The van der Waals surface area contributed by atoms with Gasteiger partial charge in [-0.3, -0.25) is 0 Å². The first-order valence-electron chi connectivity index (χ1n) is 13.5. The SMILES string of the molecule is CCCCCCCCCCCCCCCCC(C)n1ccnc1CC1(C)C=CC=CC1. The second-order valence-corrected chi connectivity index (χ2v) is 10.3. The lowest BCUT2D eigenvalue weighted by atomic mass is 9.80. The number of unbranched alkanes of at least 4 members (excludes halogenated alkanes) is 13. The molecule has 0 radical (unpaired) electrons. The van der Waals surface area contributed by atoms with Crippen molar-refractivity contribution in [1.82, 2.24) is 9.55 Å². The van der Waals surface area contributed by atoms with Gasteiger partial charge in [-0.25, -0.2) is 4.98 Å². The van der Waals surface area contributed by atoms with Gasteiger partial charge in [0.05, 0.1) is 0 Å². The number of hydrogen-bond acceptors (Lipinski definition) is 1. The van der Waals surface area contributed by atoms with Crippen LogP contribution in [0, 0.1) is 5.41 Å². The Bertz CT molecular complexity index is 626. The van der Waals surface area contributed by atoms with Crippen LogP contribution in [0.15, 0.2) is 36.7 Å². The molecule has 0 N–H and O–H groups in total. The van der Waals surface area contributed by atoms with E-state index in [0.29, 0.717) is 6.04 Å². The molecule has 1 heterocycles. The third kappa shape index (κ3) is 10.7. The largest absolute Gasteiger partial charge is 0.332 e. The summed E-state index contributed by atoms with van der Waals surface area (Å²) in [4.78, 5) is 4.70. The highest BCUT2D eigenvalue weighted by molar-refractivity contribution is 5.17. The Morgan fingerprint density at radius 3 is 2.00 bits per heavy atom.